The Kier molecular flexibility index (Phi) is 6.70. The van der Waals surface area contributed by atoms with E-state index >= 15 is 0 Å². The number of carbonyl (C=O) groups is 1. The summed E-state index contributed by atoms with van der Waals surface area (Å²) in [6, 6.07) is 13.7. The van der Waals surface area contributed by atoms with E-state index in [9.17, 15) is 13.2 Å². The lowest BCUT2D eigenvalue weighted by molar-refractivity contribution is -0.122. The molecule has 2 aromatic rings. The largest absolute Gasteiger partial charge is 0.372 e. The molecule has 2 aromatic carbocycles. The van der Waals surface area contributed by atoms with Gasteiger partial charge in [0.25, 0.3) is 0 Å². The average Bonchev–Trinajstić information content (AvgIpc) is 3.20. The highest BCUT2D eigenvalue weighted by molar-refractivity contribution is 7.92. The van der Waals surface area contributed by atoms with E-state index < -0.39 is 16.1 Å². The molecule has 0 bridgehead atoms. The van der Waals surface area contributed by atoms with Gasteiger partial charge in [-0.1, -0.05) is 29.8 Å². The van der Waals surface area contributed by atoms with Gasteiger partial charge in [-0.3, -0.25) is 9.10 Å². The van der Waals surface area contributed by atoms with E-state index in [0.29, 0.717) is 17.3 Å². The highest BCUT2D eigenvalue weighted by atomic mass is 35.5. The van der Waals surface area contributed by atoms with E-state index in [-0.39, 0.29) is 5.91 Å². The highest BCUT2D eigenvalue weighted by Gasteiger charge is 2.29. The van der Waals surface area contributed by atoms with E-state index in [0.717, 1.165) is 29.2 Å². The first-order valence-corrected chi connectivity index (χ1v) is 11.8. The Morgan fingerprint density at radius 2 is 1.83 bits per heavy atom. The molecule has 1 aliphatic heterocycles. The zero-order valence-corrected chi connectivity index (χ0v) is 18.2. The molecule has 1 fully saturated rings. The van der Waals surface area contributed by atoms with E-state index in [1.54, 1.807) is 25.1 Å². The van der Waals surface area contributed by atoms with Gasteiger partial charge in [-0.15, -0.1) is 0 Å². The molecule has 1 saturated heterocycles. The number of carbonyl (C=O) groups excluding carboxylic acids is 1. The molecule has 0 aromatic heterocycles. The summed E-state index contributed by atoms with van der Waals surface area (Å²) in [7, 11) is -3.67. The quantitative estimate of drug-likeness (QED) is 0.723. The highest BCUT2D eigenvalue weighted by Crippen LogP contribution is 2.24. The fourth-order valence-electron chi connectivity index (χ4n) is 3.56. The average molecular weight is 436 g/mol. The third-order valence-corrected chi connectivity index (χ3v) is 6.50. The predicted molar refractivity (Wildman–Crippen MR) is 118 cm³/mol. The first kappa shape index (κ1) is 21.5. The lowest BCUT2D eigenvalue weighted by Gasteiger charge is -2.28. The minimum Gasteiger partial charge on any atom is -0.372 e. The molecule has 0 spiro atoms. The Morgan fingerprint density at radius 1 is 1.17 bits per heavy atom. The van der Waals surface area contributed by atoms with Gasteiger partial charge in [0.15, 0.2) is 0 Å². The second kappa shape index (κ2) is 9.05. The molecule has 1 atom stereocenters. The van der Waals surface area contributed by atoms with Gasteiger partial charge in [0.1, 0.15) is 6.04 Å². The number of nitrogens with zero attached hydrogens (tertiary/aromatic N) is 2. The van der Waals surface area contributed by atoms with Gasteiger partial charge in [0, 0.05) is 30.3 Å². The summed E-state index contributed by atoms with van der Waals surface area (Å²) < 4.78 is 25.7. The molecule has 1 heterocycles. The summed E-state index contributed by atoms with van der Waals surface area (Å²) in [5.41, 5.74) is 2.51. The molecule has 6 nitrogen and oxygen atoms in total. The van der Waals surface area contributed by atoms with Crippen molar-refractivity contribution in [3.05, 3.63) is 59.1 Å². The number of nitrogens with one attached hydrogen (secondary N) is 1. The Bertz CT molecular complexity index is 957. The monoisotopic (exact) mass is 435 g/mol. The predicted octanol–water partition coefficient (Wildman–Crippen LogP) is 3.41. The summed E-state index contributed by atoms with van der Waals surface area (Å²) in [5, 5.41) is 3.24. The minimum atomic E-state index is -3.67. The lowest BCUT2D eigenvalue weighted by atomic mass is 10.2. The first-order valence-electron chi connectivity index (χ1n) is 9.62. The van der Waals surface area contributed by atoms with Crippen LogP contribution < -0.4 is 14.5 Å². The number of benzene rings is 2. The van der Waals surface area contributed by atoms with Gasteiger partial charge < -0.3 is 10.2 Å². The van der Waals surface area contributed by atoms with Gasteiger partial charge in [-0.25, -0.2) is 8.42 Å². The Hall–Kier alpha value is -2.25. The van der Waals surface area contributed by atoms with Crippen molar-refractivity contribution in [1.29, 1.82) is 0 Å². The van der Waals surface area contributed by atoms with Crippen LogP contribution in [0.3, 0.4) is 0 Å². The molecule has 8 heteroatoms. The Balaban J connectivity index is 1.66. The van der Waals surface area contributed by atoms with E-state index in [4.69, 9.17) is 11.6 Å². The SMILES string of the molecule is C[C@@H](C(=O)NCc1ccc(N2CCCC2)cc1)N(c1cccc(Cl)c1)S(C)(=O)=O. The van der Waals surface area contributed by atoms with E-state index in [1.165, 1.54) is 24.6 Å². The molecule has 1 N–H and O–H groups in total. The molecule has 29 heavy (non-hydrogen) atoms. The van der Waals surface area contributed by atoms with Crippen LogP contribution in [0.2, 0.25) is 5.02 Å². The maximum Gasteiger partial charge on any atom is 0.243 e. The van der Waals surface area contributed by atoms with Crippen LogP contribution in [0.4, 0.5) is 11.4 Å². The molecule has 0 radical (unpaired) electrons. The second-order valence-corrected chi connectivity index (χ2v) is 9.59. The maximum atomic E-state index is 12.7. The number of hydrogen-bond acceptors (Lipinski definition) is 4. The van der Waals surface area contributed by atoms with Crippen molar-refractivity contribution in [1.82, 2.24) is 5.32 Å². The summed E-state index contributed by atoms with van der Waals surface area (Å²) in [5.74, 6) is -0.376. The third kappa shape index (κ3) is 5.42. The molecule has 156 valence electrons. The number of sulfonamides is 1. The van der Waals surface area contributed by atoms with Gasteiger partial charge in [0.05, 0.1) is 11.9 Å². The molecule has 0 aliphatic carbocycles. The lowest BCUT2D eigenvalue weighted by Crippen LogP contribution is -2.47. The molecule has 1 amide bonds. The molecular weight excluding hydrogens is 410 g/mol. The Labute approximate surface area is 177 Å². The van der Waals surface area contributed by atoms with Crippen molar-refractivity contribution >= 4 is 38.9 Å². The van der Waals surface area contributed by atoms with Crippen LogP contribution in [0.25, 0.3) is 0 Å². The summed E-state index contributed by atoms with van der Waals surface area (Å²) in [4.78, 5) is 15.0. The maximum absolute atomic E-state index is 12.7. The zero-order valence-electron chi connectivity index (χ0n) is 16.6. The second-order valence-electron chi connectivity index (χ2n) is 7.29. The first-order chi connectivity index (χ1) is 13.8. The molecule has 0 unspecified atom stereocenters. The summed E-state index contributed by atoms with van der Waals surface area (Å²) >= 11 is 6.00. The smallest absolute Gasteiger partial charge is 0.243 e. The number of hydrogen-bond donors (Lipinski definition) is 1. The number of halogens is 1. The van der Waals surface area contributed by atoms with Crippen molar-refractivity contribution < 1.29 is 13.2 Å². The van der Waals surface area contributed by atoms with Crippen LogP contribution in [0.5, 0.6) is 0 Å². The van der Waals surface area contributed by atoms with E-state index in [1.807, 2.05) is 12.1 Å². The van der Waals surface area contributed by atoms with E-state index in [2.05, 4.69) is 22.3 Å². The normalized spacial score (nSPS) is 15.2. The van der Waals surface area contributed by atoms with Crippen molar-refractivity contribution in [3.63, 3.8) is 0 Å². The van der Waals surface area contributed by atoms with Crippen LogP contribution in [0.15, 0.2) is 48.5 Å². The third-order valence-electron chi connectivity index (χ3n) is 5.03. The zero-order chi connectivity index (χ0) is 21.0. The van der Waals surface area contributed by atoms with Gasteiger partial charge >= 0.3 is 0 Å². The van der Waals surface area contributed by atoms with Crippen LogP contribution >= 0.6 is 11.6 Å². The van der Waals surface area contributed by atoms with Crippen LogP contribution in [0.1, 0.15) is 25.3 Å². The molecule has 3 rings (SSSR count). The number of amides is 1. The summed E-state index contributed by atoms with van der Waals surface area (Å²) in [6.07, 6.45) is 3.52. The Morgan fingerprint density at radius 3 is 2.41 bits per heavy atom. The molecular formula is C21H26ClN3O3S. The van der Waals surface area contributed by atoms with Crippen LogP contribution in [0, 0.1) is 0 Å². The van der Waals surface area contributed by atoms with Crippen LogP contribution in [-0.2, 0) is 21.4 Å². The van der Waals surface area contributed by atoms with Gasteiger partial charge in [-0.2, -0.15) is 0 Å². The minimum absolute atomic E-state index is 0.330. The summed E-state index contributed by atoms with van der Waals surface area (Å²) in [6.45, 7) is 4.06. The number of anilines is 2. The van der Waals surface area contributed by atoms with Gasteiger partial charge in [0.2, 0.25) is 15.9 Å². The van der Waals surface area contributed by atoms with Gasteiger partial charge in [-0.05, 0) is 55.7 Å². The standard InChI is InChI=1S/C21H26ClN3O3S/c1-16(25(29(2,27)28)20-7-5-6-18(22)14-20)21(26)23-15-17-8-10-19(11-9-17)24-12-3-4-13-24/h5-11,14,16H,3-4,12-13,15H2,1-2H3,(H,23,26)/t16-/m0/s1. The molecule has 0 saturated carbocycles. The fraction of sp³-hybridized carbons (Fsp3) is 0.381. The fourth-order valence-corrected chi connectivity index (χ4v) is 4.91. The molecule has 1 aliphatic rings. The van der Waals surface area contributed by atoms with Crippen molar-refractivity contribution in [2.75, 3.05) is 28.6 Å². The number of rotatable bonds is 7. The van der Waals surface area contributed by atoms with Crippen LogP contribution in [-0.4, -0.2) is 39.7 Å². The van der Waals surface area contributed by atoms with Crippen molar-refractivity contribution in [3.8, 4) is 0 Å². The van der Waals surface area contributed by atoms with Crippen molar-refractivity contribution in [2.24, 2.45) is 0 Å². The van der Waals surface area contributed by atoms with Crippen molar-refractivity contribution in [2.45, 2.75) is 32.4 Å². The topological polar surface area (TPSA) is 69.7 Å².